The van der Waals surface area contributed by atoms with E-state index in [0.717, 1.165) is 32.7 Å². The second-order valence-corrected chi connectivity index (χ2v) is 8.97. The summed E-state index contributed by atoms with van der Waals surface area (Å²) in [6.45, 7) is 0. The Hall–Kier alpha value is -4.88. The molecule has 0 aliphatic heterocycles. The Kier molecular flexibility index (Phi) is 2.84. The molecule has 0 saturated heterocycles. The van der Waals surface area contributed by atoms with Crippen LogP contribution in [0, 0.1) is 0 Å². The Balaban J connectivity index is 1.59. The molecule has 0 N–H and O–H groups in total. The molecule has 7 aromatic carbocycles. The SMILES string of the molecule is [2H]c1c(-c2c3ccccc3c(-c3ccccc3)c3ccccc23)c([2H])c2c(oc3c([2H])c4c([2H])c([2H])c([2H])c([2H])c4c([2H])c32)c1[2H]. The summed E-state index contributed by atoms with van der Waals surface area (Å²) in [5.74, 6) is 0. The second kappa shape index (κ2) is 7.81. The largest absolute Gasteiger partial charge is 0.456 e. The normalized spacial score (nSPS) is 15.2. The van der Waals surface area contributed by atoms with Crippen LogP contribution in [0.25, 0.3) is 76.5 Å². The first kappa shape index (κ1) is 13.4. The van der Waals surface area contributed by atoms with Gasteiger partial charge in [-0.2, -0.15) is 0 Å². The van der Waals surface area contributed by atoms with Crippen LogP contribution in [0.5, 0.6) is 0 Å². The van der Waals surface area contributed by atoms with Crippen LogP contribution in [-0.4, -0.2) is 0 Å². The number of benzene rings is 7. The van der Waals surface area contributed by atoms with E-state index in [0.29, 0.717) is 5.56 Å². The Morgan fingerprint density at radius 1 is 0.432 bits per heavy atom. The molecule has 0 radical (unpaired) electrons. The third-order valence-electron chi connectivity index (χ3n) is 6.88. The molecule has 8 aromatic rings. The van der Waals surface area contributed by atoms with Gasteiger partial charge in [0, 0.05) is 10.8 Å². The molecule has 172 valence electrons. The van der Waals surface area contributed by atoms with E-state index in [2.05, 4.69) is 0 Å². The highest BCUT2D eigenvalue weighted by Crippen LogP contribution is 2.44. The number of rotatable bonds is 2. The minimum atomic E-state index is -0.532. The van der Waals surface area contributed by atoms with Gasteiger partial charge in [-0.05, 0) is 78.7 Å². The lowest BCUT2D eigenvalue weighted by molar-refractivity contribution is 0.669. The standard InChI is InChI=1S/C36H22O/c1-2-10-23(11-3-1)35-27-14-6-8-16-29(27)36(30-17-9-7-15-28(30)35)26-18-19-33-31(21-26)32-20-24-12-4-5-13-25(24)22-34(32)37-33/h1-22H/i4D,5D,12D,13D,18D,19D,20D,21D,22D. The molecule has 1 aromatic heterocycles. The van der Waals surface area contributed by atoms with Crippen molar-refractivity contribution >= 4 is 54.3 Å². The molecule has 0 saturated carbocycles. The predicted octanol–water partition coefficient (Wildman–Crippen LogP) is 10.4. The fourth-order valence-corrected chi connectivity index (χ4v) is 5.30. The van der Waals surface area contributed by atoms with Crippen molar-refractivity contribution in [1.82, 2.24) is 0 Å². The maximum absolute atomic E-state index is 9.57. The smallest absolute Gasteiger partial charge is 0.136 e. The van der Waals surface area contributed by atoms with E-state index in [1.54, 1.807) is 0 Å². The quantitative estimate of drug-likeness (QED) is 0.225. The fraction of sp³-hybridized carbons (Fsp3) is 0. The van der Waals surface area contributed by atoms with Crippen molar-refractivity contribution in [2.24, 2.45) is 0 Å². The van der Waals surface area contributed by atoms with Crippen molar-refractivity contribution in [2.75, 3.05) is 0 Å². The zero-order valence-electron chi connectivity index (χ0n) is 28.4. The van der Waals surface area contributed by atoms with Gasteiger partial charge in [-0.3, -0.25) is 0 Å². The zero-order valence-corrected chi connectivity index (χ0v) is 19.4. The lowest BCUT2D eigenvalue weighted by Gasteiger charge is -2.17. The second-order valence-electron chi connectivity index (χ2n) is 8.97. The molecule has 0 aliphatic rings. The van der Waals surface area contributed by atoms with Crippen LogP contribution in [0.1, 0.15) is 12.3 Å². The van der Waals surface area contributed by atoms with E-state index in [1.807, 2.05) is 78.9 Å². The molecule has 0 fully saturated rings. The maximum atomic E-state index is 9.57. The van der Waals surface area contributed by atoms with Crippen LogP contribution < -0.4 is 0 Å². The average molecular weight is 480 g/mol. The van der Waals surface area contributed by atoms with Gasteiger partial charge in [0.05, 0.1) is 12.3 Å². The van der Waals surface area contributed by atoms with E-state index in [1.165, 1.54) is 0 Å². The van der Waals surface area contributed by atoms with E-state index in [4.69, 9.17) is 14.0 Å². The number of hydrogen-bond acceptors (Lipinski definition) is 1. The molecule has 1 nitrogen and oxygen atoms in total. The minimum absolute atomic E-state index is 0.00629. The summed E-state index contributed by atoms with van der Waals surface area (Å²) in [4.78, 5) is 0. The van der Waals surface area contributed by atoms with Crippen molar-refractivity contribution in [3.63, 3.8) is 0 Å². The van der Waals surface area contributed by atoms with Crippen molar-refractivity contribution in [1.29, 1.82) is 0 Å². The van der Waals surface area contributed by atoms with Gasteiger partial charge in [-0.25, -0.2) is 0 Å². The van der Waals surface area contributed by atoms with Crippen molar-refractivity contribution in [3.05, 3.63) is 133 Å². The first-order valence-corrected chi connectivity index (χ1v) is 12.0. The minimum Gasteiger partial charge on any atom is -0.456 e. The van der Waals surface area contributed by atoms with Gasteiger partial charge in [-0.1, -0.05) is 109 Å². The lowest BCUT2D eigenvalue weighted by Crippen LogP contribution is -1.90. The first-order valence-electron chi connectivity index (χ1n) is 16.5. The Bertz CT molecular complexity index is 2570. The third kappa shape index (κ3) is 3.04. The summed E-state index contributed by atoms with van der Waals surface area (Å²) < 4.78 is 85.1. The summed E-state index contributed by atoms with van der Waals surface area (Å²) in [6.07, 6.45) is 0. The molecule has 1 heteroatoms. The summed E-state index contributed by atoms with van der Waals surface area (Å²) in [7, 11) is 0. The molecule has 0 amide bonds. The highest BCUT2D eigenvalue weighted by atomic mass is 16.3. The van der Waals surface area contributed by atoms with Crippen molar-refractivity contribution < 1.29 is 16.8 Å². The summed E-state index contributed by atoms with van der Waals surface area (Å²) in [6, 6.07) is 22.1. The molecule has 0 atom stereocenters. The van der Waals surface area contributed by atoms with Gasteiger partial charge in [-0.15, -0.1) is 0 Å². The van der Waals surface area contributed by atoms with Crippen molar-refractivity contribution in [3.8, 4) is 22.3 Å². The molecular formula is C36H22O. The lowest BCUT2D eigenvalue weighted by atomic mass is 9.86. The van der Waals surface area contributed by atoms with E-state index >= 15 is 0 Å². The summed E-state index contributed by atoms with van der Waals surface area (Å²) in [5, 5.41) is 3.10. The van der Waals surface area contributed by atoms with Gasteiger partial charge >= 0.3 is 0 Å². The van der Waals surface area contributed by atoms with Crippen LogP contribution in [0.2, 0.25) is 0 Å². The van der Waals surface area contributed by atoms with Crippen LogP contribution in [0.4, 0.5) is 0 Å². The Labute approximate surface area is 226 Å². The number of hydrogen-bond donors (Lipinski definition) is 0. The molecule has 0 bridgehead atoms. The average Bonchev–Trinajstić information content (AvgIpc) is 3.49. The highest BCUT2D eigenvalue weighted by Gasteiger charge is 2.17. The maximum Gasteiger partial charge on any atom is 0.136 e. The van der Waals surface area contributed by atoms with Crippen LogP contribution in [-0.2, 0) is 0 Å². The van der Waals surface area contributed by atoms with Gasteiger partial charge < -0.3 is 4.42 Å². The van der Waals surface area contributed by atoms with Gasteiger partial charge in [0.2, 0.25) is 0 Å². The third-order valence-corrected chi connectivity index (χ3v) is 6.88. The van der Waals surface area contributed by atoms with Crippen LogP contribution in [0.3, 0.4) is 0 Å². The molecule has 37 heavy (non-hydrogen) atoms. The topological polar surface area (TPSA) is 13.1 Å². The van der Waals surface area contributed by atoms with Gasteiger partial charge in [0.25, 0.3) is 0 Å². The van der Waals surface area contributed by atoms with Gasteiger partial charge in [0.1, 0.15) is 11.2 Å². The fourth-order valence-electron chi connectivity index (χ4n) is 5.30. The first-order chi connectivity index (χ1) is 22.1. The number of fused-ring (bicyclic) bond motifs is 6. The monoisotopic (exact) mass is 479 g/mol. The predicted molar refractivity (Wildman–Crippen MR) is 157 cm³/mol. The van der Waals surface area contributed by atoms with Crippen LogP contribution in [0.15, 0.2) is 138 Å². The summed E-state index contributed by atoms with van der Waals surface area (Å²) >= 11 is 0. The Morgan fingerprint density at radius 2 is 0.973 bits per heavy atom. The number of furan rings is 1. The molecule has 1 heterocycles. The Morgan fingerprint density at radius 3 is 1.62 bits per heavy atom. The van der Waals surface area contributed by atoms with E-state index < -0.39 is 24.2 Å². The summed E-state index contributed by atoms with van der Waals surface area (Å²) in [5.41, 5.74) is 2.47. The molecular weight excluding hydrogens is 448 g/mol. The molecule has 0 spiro atoms. The van der Waals surface area contributed by atoms with E-state index in [-0.39, 0.29) is 68.5 Å². The molecule has 0 unspecified atom stereocenters. The van der Waals surface area contributed by atoms with Gasteiger partial charge in [0.15, 0.2) is 0 Å². The van der Waals surface area contributed by atoms with Crippen LogP contribution >= 0.6 is 0 Å². The zero-order chi connectivity index (χ0) is 32.2. The highest BCUT2D eigenvalue weighted by molar-refractivity contribution is 6.22. The molecule has 8 rings (SSSR count). The molecule has 0 aliphatic carbocycles. The van der Waals surface area contributed by atoms with E-state index in [9.17, 15) is 2.74 Å². The van der Waals surface area contributed by atoms with Crippen molar-refractivity contribution in [2.45, 2.75) is 0 Å².